The highest BCUT2D eigenvalue weighted by atomic mass is 16.6. The molecule has 20 nitrogen and oxygen atoms in total. The number of hydrogen-bond donors (Lipinski definition) is 3. The van der Waals surface area contributed by atoms with Gasteiger partial charge in [-0.1, -0.05) is 30.3 Å². The molecule has 2 atom stereocenters. The molecule has 0 bridgehead atoms. The van der Waals surface area contributed by atoms with Crippen LogP contribution in [0.4, 0.5) is 5.69 Å². The van der Waals surface area contributed by atoms with E-state index in [1.807, 2.05) is 6.07 Å². The summed E-state index contributed by atoms with van der Waals surface area (Å²) in [6.07, 6.45) is 1.76. The molecule has 3 aromatic carbocycles. The first kappa shape index (κ1) is 44.0. The summed E-state index contributed by atoms with van der Waals surface area (Å²) in [6.45, 7) is -3.32. The summed E-state index contributed by atoms with van der Waals surface area (Å²) in [4.78, 5) is 85.1. The first-order valence-electron chi connectivity index (χ1n) is 17.9. The summed E-state index contributed by atoms with van der Waals surface area (Å²) < 4.78 is 15.9. The Morgan fingerprint density at radius 1 is 0.621 bits per heavy atom. The number of amides is 1. The van der Waals surface area contributed by atoms with Crippen LogP contribution >= 0.6 is 0 Å². The molecule has 0 saturated carbocycles. The van der Waals surface area contributed by atoms with E-state index in [1.165, 1.54) is 0 Å². The molecule has 1 amide bonds. The Hall–Kier alpha value is -6.67. The number of aliphatic hydroxyl groups excluding tert-OH is 2. The van der Waals surface area contributed by atoms with Crippen LogP contribution in [0.5, 0.6) is 17.2 Å². The molecule has 0 saturated heterocycles. The number of fused-ring (bicyclic) bond motifs is 3. The van der Waals surface area contributed by atoms with Gasteiger partial charge in [0.15, 0.2) is 25.6 Å². The zero-order valence-corrected chi connectivity index (χ0v) is 31.0. The number of nitrogens with zero attached hydrogens (tertiary/aromatic N) is 3. The van der Waals surface area contributed by atoms with Gasteiger partial charge in [-0.05, 0) is 49.1 Å². The quantitative estimate of drug-likeness (QED) is 0.146. The largest absolute Gasteiger partial charge is 0.485 e. The van der Waals surface area contributed by atoms with Gasteiger partial charge in [0.25, 0.3) is 19.6 Å². The Bertz CT molecular complexity index is 2070. The lowest BCUT2D eigenvalue weighted by Gasteiger charge is -2.27. The van der Waals surface area contributed by atoms with Crippen molar-refractivity contribution in [3.05, 3.63) is 113 Å². The van der Waals surface area contributed by atoms with Crippen molar-refractivity contribution in [2.75, 3.05) is 44.8 Å². The standard InChI is InChI=1S/C13H15NO6.C13H13NO5.C12H12N2O5/c15-9(6-14(18)19)7-20-13-3-1-2-8-4-11(16)12(17)5-10(8)13;15-9(7-14(17)18)8-19-13-6-2-3-10-11(13)4-1-5-12(10)16;15-8(6-14(17)18)7-19-11-3-1-2-10-9(11)4-5-12(16)13-10/h1-3,11-12,16-17H,4-7H2;2-3,6H,1,4-5,7-8H2;1-3H,4-7H2,(H,13,16). The first-order valence-corrected chi connectivity index (χ1v) is 17.9. The number of aliphatic hydroxyl groups is 2. The van der Waals surface area contributed by atoms with Crippen LogP contribution < -0.4 is 19.5 Å². The van der Waals surface area contributed by atoms with Crippen molar-refractivity contribution in [3.63, 3.8) is 0 Å². The van der Waals surface area contributed by atoms with E-state index in [0.717, 1.165) is 35.1 Å². The molecule has 3 aromatic rings. The van der Waals surface area contributed by atoms with E-state index < -0.39 is 64.0 Å². The molecule has 0 spiro atoms. The Morgan fingerprint density at radius 2 is 1.10 bits per heavy atom. The molecular formula is C38H40N4O16. The van der Waals surface area contributed by atoms with Gasteiger partial charge < -0.3 is 29.7 Å². The fourth-order valence-electron chi connectivity index (χ4n) is 6.23. The van der Waals surface area contributed by atoms with Gasteiger partial charge in [0, 0.05) is 68.4 Å². The van der Waals surface area contributed by atoms with E-state index in [1.54, 1.807) is 48.5 Å². The number of carbonyl (C=O) groups excluding carboxylic acids is 5. The van der Waals surface area contributed by atoms with Crippen LogP contribution in [-0.2, 0) is 44.9 Å². The molecule has 1 heterocycles. The van der Waals surface area contributed by atoms with Crippen LogP contribution in [0, 0.1) is 30.3 Å². The normalized spacial score (nSPS) is 16.2. The Kier molecular flexibility index (Phi) is 16.0. The minimum Gasteiger partial charge on any atom is -0.485 e. The van der Waals surface area contributed by atoms with Crippen LogP contribution in [0.2, 0.25) is 0 Å². The maximum Gasteiger partial charge on any atom is 0.264 e. The van der Waals surface area contributed by atoms with Gasteiger partial charge in [0.2, 0.25) is 23.3 Å². The second-order valence-corrected chi connectivity index (χ2v) is 13.3. The SMILES string of the molecule is O=C(COc1cccc2c1CC(O)C(O)C2)C[N+](=O)[O-].O=C(COc1cccc2c1CCC(=O)N2)C[N+](=O)[O-].O=C(COc1cccc2c1CCCC2=O)C[N+](=O)[O-]. The monoisotopic (exact) mass is 808 g/mol. The van der Waals surface area contributed by atoms with Crippen LogP contribution in [0.25, 0.3) is 0 Å². The highest BCUT2D eigenvalue weighted by Crippen LogP contribution is 2.32. The van der Waals surface area contributed by atoms with Crippen LogP contribution in [-0.4, -0.2) is 106 Å². The fourth-order valence-corrected chi connectivity index (χ4v) is 6.23. The van der Waals surface area contributed by atoms with Gasteiger partial charge in [-0.25, -0.2) is 0 Å². The molecule has 0 fully saturated rings. The maximum absolute atomic E-state index is 11.7. The number of nitro groups is 3. The zero-order chi connectivity index (χ0) is 42.4. The van der Waals surface area contributed by atoms with Crippen LogP contribution in [0.3, 0.4) is 0 Å². The molecule has 3 aliphatic rings. The van der Waals surface area contributed by atoms with Gasteiger partial charge in [0.1, 0.15) is 17.2 Å². The number of ketones is 4. The number of rotatable bonds is 15. The van der Waals surface area contributed by atoms with Crippen molar-refractivity contribution < 1.29 is 63.2 Å². The van der Waals surface area contributed by atoms with Gasteiger partial charge in [-0.3, -0.25) is 54.3 Å². The fraction of sp³-hybridized carbons (Fsp3) is 0.395. The minimum absolute atomic E-state index is 0.0610. The molecular weight excluding hydrogens is 768 g/mol. The van der Waals surface area contributed by atoms with Crippen molar-refractivity contribution >= 4 is 34.7 Å². The smallest absolute Gasteiger partial charge is 0.264 e. The highest BCUT2D eigenvalue weighted by Gasteiger charge is 2.28. The van der Waals surface area contributed by atoms with E-state index in [9.17, 15) is 64.5 Å². The Balaban J connectivity index is 0.000000193. The molecule has 2 unspecified atom stereocenters. The lowest BCUT2D eigenvalue weighted by Crippen LogP contribution is -2.35. The van der Waals surface area contributed by atoms with Crippen molar-refractivity contribution in [2.24, 2.45) is 0 Å². The second kappa shape index (κ2) is 21.0. The molecule has 2 aliphatic carbocycles. The van der Waals surface area contributed by atoms with Gasteiger partial charge >= 0.3 is 0 Å². The average molecular weight is 809 g/mol. The Labute approximate surface area is 329 Å². The average Bonchev–Trinajstić information content (AvgIpc) is 3.15. The van der Waals surface area contributed by atoms with E-state index in [4.69, 9.17) is 14.2 Å². The van der Waals surface area contributed by atoms with Crippen LogP contribution in [0.1, 0.15) is 51.9 Å². The van der Waals surface area contributed by atoms with E-state index in [-0.39, 0.29) is 37.9 Å². The van der Waals surface area contributed by atoms with Crippen molar-refractivity contribution in [3.8, 4) is 17.2 Å². The second-order valence-electron chi connectivity index (χ2n) is 13.3. The molecule has 20 heteroatoms. The molecule has 1 aliphatic heterocycles. The van der Waals surface area contributed by atoms with E-state index >= 15 is 0 Å². The highest BCUT2D eigenvalue weighted by molar-refractivity contribution is 5.99. The number of benzene rings is 3. The van der Waals surface area contributed by atoms with Gasteiger partial charge in [-0.15, -0.1) is 0 Å². The number of anilines is 1. The number of carbonyl (C=O) groups is 5. The zero-order valence-electron chi connectivity index (χ0n) is 31.0. The van der Waals surface area contributed by atoms with Crippen molar-refractivity contribution in [1.82, 2.24) is 0 Å². The molecule has 0 aromatic heterocycles. The Morgan fingerprint density at radius 3 is 1.66 bits per heavy atom. The summed E-state index contributed by atoms with van der Waals surface area (Å²) >= 11 is 0. The van der Waals surface area contributed by atoms with Crippen molar-refractivity contribution in [2.45, 2.75) is 57.2 Å². The number of ether oxygens (including phenoxy) is 3. The summed E-state index contributed by atoms with van der Waals surface area (Å²) in [7, 11) is 0. The predicted octanol–water partition coefficient (Wildman–Crippen LogP) is 1.96. The molecule has 3 N–H and O–H groups in total. The van der Waals surface area contributed by atoms with E-state index in [0.29, 0.717) is 54.2 Å². The number of hydrogen-bond acceptors (Lipinski definition) is 16. The topological polar surface area (TPSA) is 295 Å². The van der Waals surface area contributed by atoms with Gasteiger partial charge in [0.05, 0.1) is 12.2 Å². The summed E-state index contributed by atoms with van der Waals surface area (Å²) in [5.41, 5.74) is 4.49. The predicted molar refractivity (Wildman–Crippen MR) is 200 cm³/mol. The van der Waals surface area contributed by atoms with Crippen LogP contribution in [0.15, 0.2) is 54.6 Å². The summed E-state index contributed by atoms with van der Waals surface area (Å²) in [5.74, 6) is -0.421. The third kappa shape index (κ3) is 13.2. The van der Waals surface area contributed by atoms with Gasteiger partial charge in [-0.2, -0.15) is 0 Å². The molecule has 0 radical (unpaired) electrons. The first-order chi connectivity index (χ1) is 27.6. The molecule has 58 heavy (non-hydrogen) atoms. The summed E-state index contributed by atoms with van der Waals surface area (Å²) in [5, 5.41) is 52.6. The van der Waals surface area contributed by atoms with E-state index in [2.05, 4.69) is 5.32 Å². The third-order valence-corrected chi connectivity index (χ3v) is 8.87. The van der Waals surface area contributed by atoms with Crippen molar-refractivity contribution in [1.29, 1.82) is 0 Å². The lowest BCUT2D eigenvalue weighted by molar-refractivity contribution is -0.467. The number of nitrogens with one attached hydrogen (secondary N) is 1. The third-order valence-electron chi connectivity index (χ3n) is 8.87. The maximum atomic E-state index is 11.7. The summed E-state index contributed by atoms with van der Waals surface area (Å²) in [6, 6.07) is 15.4. The molecule has 6 rings (SSSR count). The number of Topliss-reactive ketones (excluding diaryl/α,β-unsaturated/α-hetero) is 4. The minimum atomic E-state index is -0.873. The lowest BCUT2D eigenvalue weighted by atomic mass is 9.87. The molecule has 308 valence electrons.